The van der Waals surface area contributed by atoms with Crippen molar-refractivity contribution in [3.63, 3.8) is 0 Å². The Kier molecular flexibility index (Phi) is 2.68. The van der Waals surface area contributed by atoms with Crippen LogP contribution in [0.5, 0.6) is 0 Å². The van der Waals surface area contributed by atoms with Crippen molar-refractivity contribution in [2.75, 3.05) is 0 Å². The minimum Gasteiger partial charge on any atom is -0.191 e. The quantitative estimate of drug-likeness (QED) is 0.573. The summed E-state index contributed by atoms with van der Waals surface area (Å²) in [4.78, 5) is 0. The first-order valence-corrected chi connectivity index (χ1v) is 7.46. The lowest BCUT2D eigenvalue weighted by atomic mass is 10.0. The molecule has 0 N–H and O–H groups in total. The SMILES string of the molecule is Cc1ccccc1-c1ccc2[n+](c1)C(C)c1ccccc1-2. The standard InChI is InChI=1S/C20H18N/c1-14-7-3-4-8-17(14)16-11-12-20-19-10-6-5-9-18(19)15(2)21(20)13-16/h3-13,15H,1-2H3/q+1. The molecule has 21 heavy (non-hydrogen) atoms. The summed E-state index contributed by atoms with van der Waals surface area (Å²) in [7, 11) is 0. The van der Waals surface area contributed by atoms with Crippen LogP contribution in [0.2, 0.25) is 0 Å². The molecular weight excluding hydrogens is 254 g/mol. The van der Waals surface area contributed by atoms with Crippen LogP contribution in [0, 0.1) is 6.92 Å². The Labute approximate surface area is 125 Å². The van der Waals surface area contributed by atoms with E-state index < -0.39 is 0 Å². The van der Waals surface area contributed by atoms with E-state index in [1.165, 1.54) is 33.5 Å². The summed E-state index contributed by atoms with van der Waals surface area (Å²) >= 11 is 0. The Hall–Kier alpha value is -2.41. The molecule has 0 fully saturated rings. The Balaban J connectivity index is 1.90. The van der Waals surface area contributed by atoms with Gasteiger partial charge in [0.1, 0.15) is 0 Å². The highest BCUT2D eigenvalue weighted by atomic mass is 15.0. The highest BCUT2D eigenvalue weighted by molar-refractivity contribution is 5.69. The summed E-state index contributed by atoms with van der Waals surface area (Å²) in [6.45, 7) is 4.45. The molecule has 0 bridgehead atoms. The second kappa shape index (κ2) is 4.56. The third kappa shape index (κ3) is 1.81. The van der Waals surface area contributed by atoms with Gasteiger partial charge in [0, 0.05) is 24.1 Å². The predicted molar refractivity (Wildman–Crippen MR) is 86.1 cm³/mol. The smallest absolute Gasteiger partial charge is 0.191 e. The van der Waals surface area contributed by atoms with Gasteiger partial charge in [-0.1, -0.05) is 42.5 Å². The van der Waals surface area contributed by atoms with Crippen molar-refractivity contribution in [2.24, 2.45) is 0 Å². The van der Waals surface area contributed by atoms with Crippen LogP contribution in [0.25, 0.3) is 22.4 Å². The van der Waals surface area contributed by atoms with Crippen molar-refractivity contribution in [2.45, 2.75) is 19.9 Å². The van der Waals surface area contributed by atoms with Crippen LogP contribution in [-0.4, -0.2) is 0 Å². The zero-order valence-corrected chi connectivity index (χ0v) is 12.4. The van der Waals surface area contributed by atoms with Gasteiger partial charge in [-0.2, -0.15) is 4.57 Å². The fourth-order valence-corrected chi connectivity index (χ4v) is 3.37. The normalized spacial score (nSPS) is 15.6. The van der Waals surface area contributed by atoms with Gasteiger partial charge in [-0.15, -0.1) is 0 Å². The van der Waals surface area contributed by atoms with Gasteiger partial charge in [-0.05, 0) is 30.2 Å². The molecule has 1 heteroatoms. The Morgan fingerprint density at radius 2 is 1.52 bits per heavy atom. The minimum absolute atomic E-state index is 0.403. The van der Waals surface area contributed by atoms with E-state index in [0.717, 1.165) is 0 Å². The van der Waals surface area contributed by atoms with Crippen molar-refractivity contribution >= 4 is 0 Å². The van der Waals surface area contributed by atoms with E-state index >= 15 is 0 Å². The first-order valence-electron chi connectivity index (χ1n) is 7.46. The summed E-state index contributed by atoms with van der Waals surface area (Å²) in [6.07, 6.45) is 2.29. The molecule has 1 aliphatic rings. The fourth-order valence-electron chi connectivity index (χ4n) is 3.37. The third-order valence-corrected chi connectivity index (χ3v) is 4.54. The average molecular weight is 272 g/mol. The highest BCUT2D eigenvalue weighted by Crippen LogP contribution is 2.34. The number of pyridine rings is 1. The van der Waals surface area contributed by atoms with Gasteiger partial charge < -0.3 is 0 Å². The Bertz CT molecular complexity index is 833. The number of rotatable bonds is 1. The lowest BCUT2D eigenvalue weighted by Crippen LogP contribution is -2.35. The lowest BCUT2D eigenvalue weighted by Gasteiger charge is -2.06. The molecule has 1 nitrogen and oxygen atoms in total. The van der Waals surface area contributed by atoms with E-state index in [-0.39, 0.29) is 0 Å². The monoisotopic (exact) mass is 272 g/mol. The van der Waals surface area contributed by atoms with Gasteiger partial charge in [-0.3, -0.25) is 0 Å². The van der Waals surface area contributed by atoms with Crippen molar-refractivity contribution in [3.8, 4) is 22.4 Å². The first kappa shape index (κ1) is 12.3. The number of fused-ring (bicyclic) bond motifs is 3. The zero-order valence-electron chi connectivity index (χ0n) is 12.4. The van der Waals surface area contributed by atoms with Crippen molar-refractivity contribution in [1.29, 1.82) is 0 Å². The molecule has 1 unspecified atom stereocenters. The van der Waals surface area contributed by atoms with Gasteiger partial charge in [0.05, 0.1) is 5.56 Å². The molecule has 0 spiro atoms. The van der Waals surface area contributed by atoms with Gasteiger partial charge in [0.25, 0.3) is 0 Å². The molecule has 0 radical (unpaired) electrons. The Morgan fingerprint density at radius 1 is 0.810 bits per heavy atom. The van der Waals surface area contributed by atoms with Crippen LogP contribution in [-0.2, 0) is 0 Å². The summed E-state index contributed by atoms with van der Waals surface area (Å²) < 4.78 is 2.40. The summed E-state index contributed by atoms with van der Waals surface area (Å²) in [6, 6.07) is 22.2. The molecule has 0 saturated carbocycles. The fraction of sp³-hybridized carbons (Fsp3) is 0.150. The van der Waals surface area contributed by atoms with E-state index in [1.807, 2.05) is 0 Å². The van der Waals surface area contributed by atoms with Crippen LogP contribution < -0.4 is 4.57 Å². The maximum Gasteiger partial charge on any atom is 0.213 e. The number of benzene rings is 2. The largest absolute Gasteiger partial charge is 0.213 e. The molecule has 1 aliphatic heterocycles. The zero-order chi connectivity index (χ0) is 14.4. The van der Waals surface area contributed by atoms with E-state index in [1.54, 1.807) is 0 Å². The molecular formula is C20H18N+. The molecule has 1 aromatic heterocycles. The van der Waals surface area contributed by atoms with Crippen molar-refractivity contribution in [3.05, 3.63) is 78.0 Å². The minimum atomic E-state index is 0.403. The predicted octanol–water partition coefficient (Wildman–Crippen LogP) is 4.54. The molecule has 1 atom stereocenters. The number of aryl methyl sites for hydroxylation is 1. The summed E-state index contributed by atoms with van der Waals surface area (Å²) in [5, 5.41) is 0. The van der Waals surface area contributed by atoms with Crippen LogP contribution in [0.15, 0.2) is 66.9 Å². The molecule has 0 saturated heterocycles. The summed E-state index contributed by atoms with van der Waals surface area (Å²) in [5.41, 5.74) is 8.02. The van der Waals surface area contributed by atoms with Crippen LogP contribution >= 0.6 is 0 Å². The van der Waals surface area contributed by atoms with Crippen LogP contribution in [0.1, 0.15) is 24.1 Å². The number of nitrogens with zero attached hydrogens (tertiary/aromatic N) is 1. The van der Waals surface area contributed by atoms with Crippen LogP contribution in [0.4, 0.5) is 0 Å². The average Bonchev–Trinajstić information content (AvgIpc) is 2.81. The van der Waals surface area contributed by atoms with Gasteiger partial charge in [-0.25, -0.2) is 0 Å². The summed E-state index contributed by atoms with van der Waals surface area (Å²) in [5.74, 6) is 0. The molecule has 3 aromatic rings. The van der Waals surface area contributed by atoms with Gasteiger partial charge >= 0.3 is 0 Å². The molecule has 0 amide bonds. The van der Waals surface area contributed by atoms with E-state index in [4.69, 9.17) is 0 Å². The Morgan fingerprint density at radius 3 is 2.33 bits per heavy atom. The maximum atomic E-state index is 2.40. The number of hydrogen-bond donors (Lipinski definition) is 0. The van der Waals surface area contributed by atoms with Crippen molar-refractivity contribution in [1.82, 2.24) is 0 Å². The second-order valence-electron chi connectivity index (χ2n) is 5.79. The molecule has 102 valence electrons. The van der Waals surface area contributed by atoms with E-state index in [2.05, 4.69) is 85.3 Å². The van der Waals surface area contributed by atoms with Gasteiger partial charge in [0.15, 0.2) is 12.2 Å². The first-order chi connectivity index (χ1) is 10.3. The van der Waals surface area contributed by atoms with Gasteiger partial charge in [0.2, 0.25) is 5.69 Å². The highest BCUT2D eigenvalue weighted by Gasteiger charge is 2.32. The van der Waals surface area contributed by atoms with E-state index in [0.29, 0.717) is 6.04 Å². The number of aromatic nitrogens is 1. The topological polar surface area (TPSA) is 3.88 Å². The maximum absolute atomic E-state index is 2.40. The second-order valence-corrected chi connectivity index (χ2v) is 5.79. The lowest BCUT2D eigenvalue weighted by molar-refractivity contribution is -0.693. The number of hydrogen-bond acceptors (Lipinski definition) is 0. The van der Waals surface area contributed by atoms with E-state index in [9.17, 15) is 0 Å². The molecule has 0 aliphatic carbocycles. The molecule has 2 heterocycles. The van der Waals surface area contributed by atoms with Crippen molar-refractivity contribution < 1.29 is 4.57 Å². The van der Waals surface area contributed by atoms with Crippen LogP contribution in [0.3, 0.4) is 0 Å². The molecule has 2 aromatic carbocycles. The third-order valence-electron chi connectivity index (χ3n) is 4.54. The molecule has 4 rings (SSSR count).